The van der Waals surface area contributed by atoms with Crippen LogP contribution < -0.4 is 11.1 Å². The van der Waals surface area contributed by atoms with Gasteiger partial charge in [-0.25, -0.2) is 0 Å². The van der Waals surface area contributed by atoms with E-state index >= 15 is 0 Å². The van der Waals surface area contributed by atoms with Crippen LogP contribution in [0, 0.1) is 10.8 Å². The molecule has 6 atom stereocenters. The summed E-state index contributed by atoms with van der Waals surface area (Å²) in [5.74, 6) is -7.37. The van der Waals surface area contributed by atoms with Crippen molar-refractivity contribution < 1.29 is 44.7 Å². The smallest absolute Gasteiger partial charge is 0.255 e. The van der Waals surface area contributed by atoms with Crippen molar-refractivity contribution in [3.8, 4) is 5.75 Å². The van der Waals surface area contributed by atoms with Crippen LogP contribution in [-0.2, 0) is 20.9 Å². The standard InChI is InChI=1S/C32H35N3O9/c1-14-17-12-11-16(13-34-28(42)15-9-7-6-8-10-15)21(36)18(17)22(37)20-26(40)32(44)25(39)19(27(33)41)23(38)24(35(4)5)31(32,3)29(43)30(14,20)2/h6-12,14,24,29,36-37,39,43-44H,13H2,1-5H3,(H2,33,41)(H,34,42)/t14-,24+,29-,30+,31+,32+/m0/s1. The Bertz CT molecular complexity index is 1700. The number of carbonyl (C=O) groups is 4. The summed E-state index contributed by atoms with van der Waals surface area (Å²) < 4.78 is 0. The molecule has 0 aromatic heterocycles. The van der Waals surface area contributed by atoms with Crippen molar-refractivity contribution in [2.24, 2.45) is 16.6 Å². The number of hydrogen-bond acceptors (Lipinski definition) is 10. The summed E-state index contributed by atoms with van der Waals surface area (Å²) in [6, 6.07) is 10.0. The van der Waals surface area contributed by atoms with Gasteiger partial charge in [0, 0.05) is 23.1 Å². The summed E-state index contributed by atoms with van der Waals surface area (Å²) in [7, 11) is 2.90. The number of aromatic hydroxyl groups is 1. The number of benzene rings is 2. The highest BCUT2D eigenvalue weighted by Crippen LogP contribution is 2.66. The van der Waals surface area contributed by atoms with Crippen molar-refractivity contribution in [3.05, 3.63) is 81.6 Å². The van der Waals surface area contributed by atoms with Crippen molar-refractivity contribution in [3.63, 3.8) is 0 Å². The van der Waals surface area contributed by atoms with Gasteiger partial charge >= 0.3 is 0 Å². The zero-order chi connectivity index (χ0) is 32.7. The summed E-state index contributed by atoms with van der Waals surface area (Å²) in [6.07, 6.45) is -1.78. The number of fused-ring (bicyclic) bond motifs is 3. The van der Waals surface area contributed by atoms with Crippen LogP contribution in [0.15, 0.2) is 59.4 Å². The first kappa shape index (κ1) is 30.9. The molecule has 1 fully saturated rings. The number of Topliss-reactive ketones (excluding diaryl/α,β-unsaturated/α-hetero) is 2. The molecule has 1 saturated carbocycles. The first-order valence-electron chi connectivity index (χ1n) is 14.0. The van der Waals surface area contributed by atoms with Crippen LogP contribution in [0.5, 0.6) is 5.75 Å². The Hall–Kier alpha value is -4.52. The summed E-state index contributed by atoms with van der Waals surface area (Å²) in [6.45, 7) is 4.28. The topological polar surface area (TPSA) is 211 Å². The van der Waals surface area contributed by atoms with Crippen LogP contribution in [0.4, 0.5) is 0 Å². The molecule has 8 N–H and O–H groups in total. The molecule has 3 aliphatic rings. The largest absolute Gasteiger partial charge is 0.508 e. The Balaban J connectivity index is 1.71. The fourth-order valence-electron chi connectivity index (χ4n) is 7.59. The van der Waals surface area contributed by atoms with Gasteiger partial charge in [-0.05, 0) is 37.7 Å². The number of nitrogens with one attached hydrogen (secondary N) is 1. The average molecular weight is 606 g/mol. The number of nitrogens with two attached hydrogens (primary N) is 1. The van der Waals surface area contributed by atoms with E-state index in [1.807, 2.05) is 0 Å². The second-order valence-electron chi connectivity index (χ2n) is 12.4. The van der Waals surface area contributed by atoms with Crippen molar-refractivity contribution in [2.75, 3.05) is 14.1 Å². The van der Waals surface area contributed by atoms with Gasteiger partial charge in [-0.1, -0.05) is 51.1 Å². The maximum Gasteiger partial charge on any atom is 0.255 e. The van der Waals surface area contributed by atoms with Crippen molar-refractivity contribution in [2.45, 2.75) is 51.0 Å². The summed E-state index contributed by atoms with van der Waals surface area (Å²) in [5, 5.41) is 61.3. The van der Waals surface area contributed by atoms with Crippen LogP contribution in [0.3, 0.4) is 0 Å². The zero-order valence-electron chi connectivity index (χ0n) is 24.9. The van der Waals surface area contributed by atoms with Gasteiger partial charge in [-0.2, -0.15) is 0 Å². The molecule has 12 heteroatoms. The highest BCUT2D eigenvalue weighted by atomic mass is 16.4. The number of aliphatic hydroxyl groups is 4. The third kappa shape index (κ3) is 3.68. The summed E-state index contributed by atoms with van der Waals surface area (Å²) >= 11 is 0. The molecule has 0 unspecified atom stereocenters. The van der Waals surface area contributed by atoms with Crippen LogP contribution in [-0.4, -0.2) is 85.7 Å². The molecule has 0 spiro atoms. The van der Waals surface area contributed by atoms with Crippen molar-refractivity contribution in [1.29, 1.82) is 0 Å². The van der Waals surface area contributed by atoms with E-state index in [1.54, 1.807) is 49.4 Å². The second kappa shape index (κ2) is 10.0. The lowest BCUT2D eigenvalue weighted by atomic mass is 9.42. The first-order valence-corrected chi connectivity index (χ1v) is 14.0. The van der Waals surface area contributed by atoms with E-state index in [0.717, 1.165) is 0 Å². The normalized spacial score (nSPS) is 31.4. The minimum Gasteiger partial charge on any atom is -0.508 e. The van der Waals surface area contributed by atoms with Gasteiger partial charge in [0.25, 0.3) is 11.8 Å². The van der Waals surface area contributed by atoms with E-state index < -0.39 is 86.3 Å². The molecule has 232 valence electrons. The fourth-order valence-corrected chi connectivity index (χ4v) is 7.59. The van der Waals surface area contributed by atoms with Crippen LogP contribution >= 0.6 is 0 Å². The Morgan fingerprint density at radius 3 is 2.20 bits per heavy atom. The minimum atomic E-state index is -3.07. The molecule has 0 heterocycles. The molecule has 5 rings (SSSR count). The van der Waals surface area contributed by atoms with E-state index in [-0.39, 0.29) is 17.7 Å². The monoisotopic (exact) mass is 605 g/mol. The lowest BCUT2D eigenvalue weighted by molar-refractivity contribution is -0.211. The van der Waals surface area contributed by atoms with Crippen LogP contribution in [0.2, 0.25) is 0 Å². The maximum absolute atomic E-state index is 14.5. The molecule has 44 heavy (non-hydrogen) atoms. The van der Waals surface area contributed by atoms with E-state index in [0.29, 0.717) is 11.1 Å². The highest BCUT2D eigenvalue weighted by Gasteiger charge is 2.77. The zero-order valence-corrected chi connectivity index (χ0v) is 24.9. The number of carbonyl (C=O) groups excluding carboxylic acids is 4. The lowest BCUT2D eigenvalue weighted by Gasteiger charge is -2.63. The number of phenols is 1. The predicted octanol–water partition coefficient (Wildman–Crippen LogP) is 1.21. The van der Waals surface area contributed by atoms with Crippen LogP contribution in [0.25, 0.3) is 5.76 Å². The summed E-state index contributed by atoms with van der Waals surface area (Å²) in [5.41, 5.74) is -2.17. The third-order valence-electron chi connectivity index (χ3n) is 10.0. The number of rotatable bonds is 5. The SMILES string of the molecule is C[C@H]1c2ccc(CNC(=O)c3ccccc3)c(O)c2C(O)=C2C(=O)[C@]3(O)C(O)=C(C(N)=O)C(=O)[C@@H](N(C)C)[C@]3(C)[C@@H](O)[C@@]21C. The van der Waals surface area contributed by atoms with Crippen molar-refractivity contribution in [1.82, 2.24) is 10.2 Å². The molecule has 2 aromatic rings. The number of likely N-dealkylation sites (N-methyl/N-ethyl adjacent to an activating group) is 1. The fraction of sp³-hybridized carbons (Fsp3) is 0.375. The molecule has 3 aliphatic carbocycles. The molecule has 0 saturated heterocycles. The predicted molar refractivity (Wildman–Crippen MR) is 157 cm³/mol. The average Bonchev–Trinajstić information content (AvgIpc) is 2.96. The van der Waals surface area contributed by atoms with E-state index in [1.165, 1.54) is 32.8 Å². The van der Waals surface area contributed by atoms with E-state index in [2.05, 4.69) is 5.32 Å². The van der Waals surface area contributed by atoms with Crippen molar-refractivity contribution >= 4 is 29.1 Å². The van der Waals surface area contributed by atoms with E-state index in [9.17, 15) is 44.7 Å². The molecule has 2 amide bonds. The Kier molecular flexibility index (Phi) is 7.04. The Morgan fingerprint density at radius 1 is 1.02 bits per heavy atom. The maximum atomic E-state index is 14.5. The molecule has 12 nitrogen and oxygen atoms in total. The number of amides is 2. The first-order chi connectivity index (χ1) is 20.5. The van der Waals surface area contributed by atoms with Gasteiger partial charge in [0.1, 0.15) is 22.8 Å². The molecular weight excluding hydrogens is 570 g/mol. The number of aliphatic hydroxyl groups excluding tert-OH is 3. The van der Waals surface area contributed by atoms with Crippen LogP contribution in [0.1, 0.15) is 53.7 Å². The molecule has 0 bridgehead atoms. The minimum absolute atomic E-state index is 0.141. The molecule has 0 aliphatic heterocycles. The van der Waals surface area contributed by atoms with Gasteiger partial charge in [0.2, 0.25) is 5.78 Å². The van der Waals surface area contributed by atoms with Gasteiger partial charge in [-0.15, -0.1) is 0 Å². The van der Waals surface area contributed by atoms with E-state index in [4.69, 9.17) is 5.73 Å². The highest BCUT2D eigenvalue weighted by molar-refractivity contribution is 6.25. The van der Waals surface area contributed by atoms with Gasteiger partial charge in [0.05, 0.1) is 28.7 Å². The lowest BCUT2D eigenvalue weighted by Crippen LogP contribution is -2.78. The van der Waals surface area contributed by atoms with Gasteiger partial charge in [0.15, 0.2) is 11.4 Å². The Labute approximate surface area is 253 Å². The number of primary amides is 1. The molecule has 2 aromatic carbocycles. The quantitative estimate of drug-likeness (QED) is 0.242. The number of nitrogens with zero attached hydrogens (tertiary/aromatic N) is 1. The number of phenolic OH excluding ortho intramolecular Hbond substituents is 1. The molecule has 0 radical (unpaired) electrons. The number of hydrogen-bond donors (Lipinski definition) is 7. The number of ketones is 2. The summed E-state index contributed by atoms with van der Waals surface area (Å²) in [4.78, 5) is 54.3. The van der Waals surface area contributed by atoms with Gasteiger partial charge in [-0.3, -0.25) is 24.1 Å². The Morgan fingerprint density at radius 2 is 1.64 bits per heavy atom. The second-order valence-corrected chi connectivity index (χ2v) is 12.4. The molecular formula is C32H35N3O9. The third-order valence-corrected chi connectivity index (χ3v) is 10.0. The van der Waals surface area contributed by atoms with Gasteiger partial charge < -0.3 is 36.6 Å².